The Morgan fingerprint density at radius 2 is 2.00 bits per heavy atom. The Labute approximate surface area is 89.9 Å². The van der Waals surface area contributed by atoms with Gasteiger partial charge in [0, 0.05) is 31.5 Å². The van der Waals surface area contributed by atoms with Gasteiger partial charge in [-0.2, -0.15) is 0 Å². The molecule has 0 bridgehead atoms. The van der Waals surface area contributed by atoms with Gasteiger partial charge in [-0.15, -0.1) is 11.6 Å². The molecule has 1 rings (SSSR count). The second-order valence-corrected chi connectivity index (χ2v) is 6.04. The number of aliphatic hydroxyl groups is 1. The third-order valence-electron chi connectivity index (χ3n) is 2.36. The van der Waals surface area contributed by atoms with E-state index in [-0.39, 0.29) is 18.3 Å². The Morgan fingerprint density at radius 3 is 2.50 bits per heavy atom. The monoisotopic (exact) mass is 241 g/mol. The third-order valence-corrected chi connectivity index (χ3v) is 4.52. The van der Waals surface area contributed by atoms with E-state index in [1.54, 1.807) is 0 Å². The summed E-state index contributed by atoms with van der Waals surface area (Å²) in [5, 5.41) is 8.74. The van der Waals surface area contributed by atoms with Crippen molar-refractivity contribution in [3.8, 4) is 0 Å². The highest BCUT2D eigenvalue weighted by molar-refractivity contribution is 7.89. The first-order chi connectivity index (χ1) is 6.60. The lowest BCUT2D eigenvalue weighted by Crippen LogP contribution is -2.51. The normalized spacial score (nSPS) is 19.6. The minimum atomic E-state index is -3.08. The molecule has 0 spiro atoms. The zero-order valence-electron chi connectivity index (χ0n) is 8.02. The maximum absolute atomic E-state index is 11.6. The maximum atomic E-state index is 11.6. The Balaban J connectivity index is 2.29. The lowest BCUT2D eigenvalue weighted by molar-refractivity contribution is 0.117. The van der Waals surface area contributed by atoms with Crippen LogP contribution in [-0.2, 0) is 10.0 Å². The van der Waals surface area contributed by atoms with Crippen molar-refractivity contribution in [2.45, 2.75) is 12.8 Å². The minimum absolute atomic E-state index is 0.0771. The molecule has 1 saturated heterocycles. The lowest BCUT2D eigenvalue weighted by Gasteiger charge is -2.36. The zero-order valence-corrected chi connectivity index (χ0v) is 9.60. The first-order valence-corrected chi connectivity index (χ1v) is 6.89. The van der Waals surface area contributed by atoms with Crippen LogP contribution >= 0.6 is 11.6 Å². The van der Waals surface area contributed by atoms with Gasteiger partial charge in [0.25, 0.3) is 0 Å². The first kappa shape index (κ1) is 12.2. The van der Waals surface area contributed by atoms with Gasteiger partial charge in [0.15, 0.2) is 0 Å². The molecule has 0 atom stereocenters. The lowest BCUT2D eigenvalue weighted by atomic mass is 10.1. The van der Waals surface area contributed by atoms with Crippen LogP contribution in [0.25, 0.3) is 0 Å². The predicted octanol–water partition coefficient (Wildman–Crippen LogP) is 0.259. The number of aliphatic hydroxyl groups excluding tert-OH is 1. The van der Waals surface area contributed by atoms with E-state index < -0.39 is 10.0 Å². The molecule has 0 saturated carbocycles. The topological polar surface area (TPSA) is 57.6 Å². The molecule has 1 heterocycles. The third kappa shape index (κ3) is 3.08. The second-order valence-electron chi connectivity index (χ2n) is 3.58. The molecule has 0 aromatic carbocycles. The number of alkyl halides is 1. The summed E-state index contributed by atoms with van der Waals surface area (Å²) in [6.07, 6.45) is 1.35. The van der Waals surface area contributed by atoms with Crippen molar-refractivity contribution in [2.24, 2.45) is 5.92 Å². The summed E-state index contributed by atoms with van der Waals surface area (Å²) in [5.74, 6) is 0.824. The standard InChI is InChI=1S/C8H16ClNO3S/c9-3-1-2-4-14(12,13)10-5-8(6-10)7-11/h8,11H,1-7H2. The van der Waals surface area contributed by atoms with Gasteiger partial charge in [-0.1, -0.05) is 0 Å². The first-order valence-electron chi connectivity index (χ1n) is 4.75. The molecule has 0 aromatic heterocycles. The average molecular weight is 242 g/mol. The molecule has 0 aromatic rings. The number of unbranched alkanes of at least 4 members (excludes halogenated alkanes) is 1. The summed E-state index contributed by atoms with van der Waals surface area (Å²) in [6, 6.07) is 0. The number of hydrogen-bond acceptors (Lipinski definition) is 3. The Morgan fingerprint density at radius 1 is 1.36 bits per heavy atom. The molecule has 4 nitrogen and oxygen atoms in total. The van der Waals surface area contributed by atoms with Crippen molar-refractivity contribution < 1.29 is 13.5 Å². The molecule has 0 radical (unpaired) electrons. The minimum Gasteiger partial charge on any atom is -0.396 e. The summed E-state index contributed by atoms with van der Waals surface area (Å²) in [5.41, 5.74) is 0. The van der Waals surface area contributed by atoms with Crippen LogP contribution in [0.1, 0.15) is 12.8 Å². The fraction of sp³-hybridized carbons (Fsp3) is 1.00. The van der Waals surface area contributed by atoms with E-state index in [4.69, 9.17) is 16.7 Å². The van der Waals surface area contributed by atoms with Gasteiger partial charge in [-0.25, -0.2) is 12.7 Å². The van der Waals surface area contributed by atoms with Crippen LogP contribution in [0.4, 0.5) is 0 Å². The van der Waals surface area contributed by atoms with Crippen LogP contribution in [0, 0.1) is 5.92 Å². The van der Waals surface area contributed by atoms with E-state index in [1.807, 2.05) is 0 Å². The largest absolute Gasteiger partial charge is 0.396 e. The predicted molar refractivity (Wildman–Crippen MR) is 55.9 cm³/mol. The second kappa shape index (κ2) is 5.30. The molecule has 1 N–H and O–H groups in total. The number of rotatable bonds is 6. The molecule has 6 heteroatoms. The molecular weight excluding hydrogens is 226 g/mol. The molecule has 14 heavy (non-hydrogen) atoms. The Kier molecular flexibility index (Phi) is 4.63. The molecule has 1 fully saturated rings. The van der Waals surface area contributed by atoms with Gasteiger partial charge in [-0.3, -0.25) is 0 Å². The zero-order chi connectivity index (χ0) is 10.6. The molecule has 1 aliphatic heterocycles. The Hall–Kier alpha value is 0.160. The molecule has 0 amide bonds. The fourth-order valence-electron chi connectivity index (χ4n) is 1.37. The maximum Gasteiger partial charge on any atom is 0.214 e. The molecule has 0 unspecified atom stereocenters. The molecule has 84 valence electrons. The van der Waals surface area contributed by atoms with Crippen molar-refractivity contribution in [1.29, 1.82) is 0 Å². The van der Waals surface area contributed by atoms with Crippen molar-refractivity contribution in [2.75, 3.05) is 31.3 Å². The van der Waals surface area contributed by atoms with E-state index in [2.05, 4.69) is 0 Å². The van der Waals surface area contributed by atoms with E-state index in [1.165, 1.54) is 4.31 Å². The number of nitrogens with zero attached hydrogens (tertiary/aromatic N) is 1. The van der Waals surface area contributed by atoms with Gasteiger partial charge < -0.3 is 5.11 Å². The molecular formula is C8H16ClNO3S. The van der Waals surface area contributed by atoms with Crippen LogP contribution < -0.4 is 0 Å². The van der Waals surface area contributed by atoms with Gasteiger partial charge in [-0.05, 0) is 12.8 Å². The molecule has 0 aliphatic carbocycles. The summed E-state index contributed by atoms with van der Waals surface area (Å²) in [4.78, 5) is 0. The highest BCUT2D eigenvalue weighted by atomic mass is 35.5. The van der Waals surface area contributed by atoms with Crippen molar-refractivity contribution in [3.63, 3.8) is 0 Å². The van der Waals surface area contributed by atoms with Crippen LogP contribution in [0.5, 0.6) is 0 Å². The highest BCUT2D eigenvalue weighted by Gasteiger charge is 2.34. The van der Waals surface area contributed by atoms with Gasteiger partial charge in [0.1, 0.15) is 0 Å². The Bertz CT molecular complexity index is 262. The van der Waals surface area contributed by atoms with Crippen LogP contribution in [0.3, 0.4) is 0 Å². The highest BCUT2D eigenvalue weighted by Crippen LogP contribution is 2.19. The number of sulfonamides is 1. The van der Waals surface area contributed by atoms with Crippen molar-refractivity contribution >= 4 is 21.6 Å². The van der Waals surface area contributed by atoms with E-state index in [0.717, 1.165) is 6.42 Å². The van der Waals surface area contributed by atoms with Gasteiger partial charge in [0.05, 0.1) is 5.75 Å². The summed E-state index contributed by atoms with van der Waals surface area (Å²) in [7, 11) is -3.08. The van der Waals surface area contributed by atoms with E-state index >= 15 is 0 Å². The summed E-state index contributed by atoms with van der Waals surface area (Å²) < 4.78 is 24.5. The number of halogens is 1. The van der Waals surface area contributed by atoms with E-state index in [0.29, 0.717) is 25.4 Å². The van der Waals surface area contributed by atoms with Crippen molar-refractivity contribution in [1.82, 2.24) is 4.31 Å². The quantitative estimate of drug-likeness (QED) is 0.536. The fourth-order valence-corrected chi connectivity index (χ4v) is 3.27. The molecule has 1 aliphatic rings. The van der Waals surface area contributed by atoms with Crippen LogP contribution in [0.15, 0.2) is 0 Å². The van der Waals surface area contributed by atoms with Gasteiger partial charge >= 0.3 is 0 Å². The SMILES string of the molecule is O=S(=O)(CCCCCl)N1CC(CO)C1. The van der Waals surface area contributed by atoms with Crippen LogP contribution in [-0.4, -0.2) is 49.2 Å². The van der Waals surface area contributed by atoms with Gasteiger partial charge in [0.2, 0.25) is 10.0 Å². The smallest absolute Gasteiger partial charge is 0.214 e. The number of hydrogen-bond donors (Lipinski definition) is 1. The van der Waals surface area contributed by atoms with E-state index in [9.17, 15) is 8.42 Å². The summed E-state index contributed by atoms with van der Waals surface area (Å²) >= 11 is 5.46. The summed E-state index contributed by atoms with van der Waals surface area (Å²) in [6.45, 7) is 1.02. The van der Waals surface area contributed by atoms with Crippen LogP contribution in [0.2, 0.25) is 0 Å². The average Bonchev–Trinajstić information content (AvgIpc) is 2.02. The van der Waals surface area contributed by atoms with Crippen molar-refractivity contribution in [3.05, 3.63) is 0 Å².